The number of amides is 3. The number of aliphatic hydroxyl groups is 1. The highest BCUT2D eigenvalue weighted by Crippen LogP contribution is 2.36. The Morgan fingerprint density at radius 3 is 2.16 bits per heavy atom. The zero-order valence-electron chi connectivity index (χ0n) is 39.1. The monoisotopic (exact) mass is 949 g/mol. The largest absolute Gasteiger partial charge is 0.508 e. The molecule has 360 valence electrons. The highest BCUT2D eigenvalue weighted by atomic mass is 32.1. The van der Waals surface area contributed by atoms with Crippen molar-refractivity contribution >= 4 is 40.0 Å². The van der Waals surface area contributed by atoms with Gasteiger partial charge in [0.1, 0.15) is 42.6 Å². The van der Waals surface area contributed by atoms with Crippen LogP contribution in [0.2, 0.25) is 0 Å². The molecule has 1 aliphatic rings. The van der Waals surface area contributed by atoms with Crippen molar-refractivity contribution in [3.8, 4) is 33.2 Å². The number of nitrogens with one attached hydrogen (secondary N) is 2. The molecule has 3 atom stereocenters. The number of phenolic OH excluding ortho intramolecular Hbond substituents is 1. The molecule has 0 spiro atoms. The topological polar surface area (TPSA) is 174 Å². The maximum Gasteiger partial charge on any atom is 0.246 e. The van der Waals surface area contributed by atoms with Crippen molar-refractivity contribution in [2.75, 3.05) is 52.8 Å². The number of ether oxygens (including phenoxy) is 4. The lowest BCUT2D eigenvalue weighted by atomic mass is 9.85. The first kappa shape index (κ1) is 49.7. The highest BCUT2D eigenvalue weighted by Gasteiger charge is 2.44. The Morgan fingerprint density at radius 1 is 0.853 bits per heavy atom. The van der Waals surface area contributed by atoms with E-state index in [2.05, 4.69) is 20.2 Å². The van der Waals surface area contributed by atoms with Gasteiger partial charge in [-0.05, 0) is 102 Å². The molecule has 1 saturated heterocycles. The van der Waals surface area contributed by atoms with Gasteiger partial charge in [-0.25, -0.2) is 9.37 Å². The van der Waals surface area contributed by atoms with E-state index in [0.717, 1.165) is 55.0 Å². The van der Waals surface area contributed by atoms with Gasteiger partial charge in [0.05, 0.1) is 60.9 Å². The number of likely N-dealkylation sites (tertiary alicyclic amines) is 1. The predicted molar refractivity (Wildman–Crippen MR) is 259 cm³/mol. The van der Waals surface area contributed by atoms with Crippen LogP contribution in [-0.4, -0.2) is 113 Å². The fraction of sp³-hybridized carbons (Fsp3) is 0.385. The molecule has 0 saturated carbocycles. The predicted octanol–water partition coefficient (Wildman–Crippen LogP) is 7.18. The average Bonchev–Trinajstić information content (AvgIpc) is 4.01. The molecule has 1 aliphatic heterocycles. The second-order valence-corrected chi connectivity index (χ2v) is 18.8. The quantitative estimate of drug-likeness (QED) is 0.0542. The Kier molecular flexibility index (Phi) is 16.6. The number of hydrogen-bond donors (Lipinski definition) is 4. The Bertz CT molecular complexity index is 2650. The number of aromatic nitrogens is 2. The zero-order chi connectivity index (χ0) is 48.4. The maximum atomic E-state index is 13.9. The summed E-state index contributed by atoms with van der Waals surface area (Å²) >= 11 is 1.57. The summed E-state index contributed by atoms with van der Waals surface area (Å²) in [5.74, 6) is -0.732. The number of fused-ring (bicyclic) bond motifs is 1. The number of nitrogens with zero attached hydrogens (tertiary/aromatic N) is 3. The van der Waals surface area contributed by atoms with E-state index in [1.54, 1.807) is 35.6 Å². The van der Waals surface area contributed by atoms with Gasteiger partial charge < -0.3 is 49.3 Å². The van der Waals surface area contributed by atoms with Crippen LogP contribution in [0.4, 0.5) is 4.39 Å². The smallest absolute Gasteiger partial charge is 0.246 e. The van der Waals surface area contributed by atoms with Crippen molar-refractivity contribution in [1.29, 1.82) is 0 Å². The van der Waals surface area contributed by atoms with Crippen LogP contribution in [0, 0.1) is 25.1 Å². The number of thiazole rings is 1. The van der Waals surface area contributed by atoms with Crippen LogP contribution in [0.5, 0.6) is 11.5 Å². The second-order valence-electron chi connectivity index (χ2n) is 18.0. The summed E-state index contributed by atoms with van der Waals surface area (Å²) in [7, 11) is 0. The Morgan fingerprint density at radius 2 is 1.50 bits per heavy atom. The summed E-state index contributed by atoms with van der Waals surface area (Å²) < 4.78 is 38.6. The number of aromatic hydroxyl groups is 1. The lowest BCUT2D eigenvalue weighted by Crippen LogP contribution is -2.58. The first-order chi connectivity index (χ1) is 32.7. The molecule has 7 rings (SSSR count). The number of phenols is 1. The minimum Gasteiger partial charge on any atom is -0.508 e. The first-order valence-corrected chi connectivity index (χ1v) is 23.6. The fourth-order valence-electron chi connectivity index (χ4n) is 8.33. The minimum atomic E-state index is -0.972. The molecule has 1 unspecified atom stereocenters. The molecule has 2 aromatic heterocycles. The summed E-state index contributed by atoms with van der Waals surface area (Å²) in [6.07, 6.45) is -0.784. The number of carbonyl (C=O) groups is 3. The van der Waals surface area contributed by atoms with Crippen molar-refractivity contribution in [3.05, 3.63) is 125 Å². The van der Waals surface area contributed by atoms with Gasteiger partial charge in [0.25, 0.3) is 0 Å². The molecule has 3 heterocycles. The van der Waals surface area contributed by atoms with E-state index in [-0.39, 0.29) is 56.8 Å². The van der Waals surface area contributed by atoms with Crippen LogP contribution in [0.3, 0.4) is 0 Å². The molecule has 1 fully saturated rings. The molecule has 4 aromatic carbocycles. The third-order valence-corrected chi connectivity index (χ3v) is 12.8. The molecule has 14 nitrogen and oxygen atoms in total. The molecule has 0 bridgehead atoms. The van der Waals surface area contributed by atoms with Crippen molar-refractivity contribution in [3.63, 3.8) is 0 Å². The standard InChI is InChI=1S/C52H60FN5O9S/c1-33-43-26-40(59)16-19-44(43)57(47(33)37-12-14-39(53)15-13-37)29-36-8-17-42(18-9-36)67-25-24-65-21-20-64-22-23-66-31-46(61)56-49(52(3,4)5)51(63)58-30-41(60)27-45(58)50(62)54-28-35-6-10-38(11-7-35)48-34(2)55-32-68-48/h6-19,26,32,41,45,49,59-60H,20-25,27-31H2,1-5H3,(H,54,62)(H,56,61)/t41-,45+,49?/m1/s1. The SMILES string of the molecule is Cc1ncsc1-c1ccc(CNC(=O)[C@@H]2C[C@@H](O)CN2C(=O)C(NC(=O)COCCOCCOCCOc2ccc(Cn3c(-c4ccc(F)cc4)c(C)c4cc(O)ccc43)cc2)C(C)(C)C)cc1. The van der Waals surface area contributed by atoms with Crippen LogP contribution in [0.15, 0.2) is 96.5 Å². The van der Waals surface area contributed by atoms with Gasteiger partial charge in [-0.15, -0.1) is 11.3 Å². The number of rotatable bonds is 21. The van der Waals surface area contributed by atoms with Crippen LogP contribution in [0.1, 0.15) is 49.6 Å². The van der Waals surface area contributed by atoms with Crippen LogP contribution >= 0.6 is 11.3 Å². The molecule has 68 heavy (non-hydrogen) atoms. The van der Waals surface area contributed by atoms with E-state index < -0.39 is 35.4 Å². The fourth-order valence-corrected chi connectivity index (χ4v) is 9.15. The van der Waals surface area contributed by atoms with Crippen LogP contribution in [0.25, 0.3) is 32.6 Å². The van der Waals surface area contributed by atoms with Crippen molar-refractivity contribution in [1.82, 2.24) is 25.1 Å². The summed E-state index contributed by atoms with van der Waals surface area (Å²) in [4.78, 5) is 47.1. The lowest BCUT2D eigenvalue weighted by molar-refractivity contribution is -0.144. The van der Waals surface area contributed by atoms with E-state index in [4.69, 9.17) is 18.9 Å². The lowest BCUT2D eigenvalue weighted by Gasteiger charge is -2.35. The minimum absolute atomic E-state index is 0.0215. The van der Waals surface area contributed by atoms with Crippen LogP contribution < -0.4 is 15.4 Å². The average molecular weight is 950 g/mol. The third-order valence-electron chi connectivity index (χ3n) is 11.9. The van der Waals surface area contributed by atoms with Gasteiger partial charge in [-0.2, -0.15) is 0 Å². The summed E-state index contributed by atoms with van der Waals surface area (Å²) in [6, 6.07) is 25.6. The number of halogens is 1. The second kappa shape index (κ2) is 22.8. The highest BCUT2D eigenvalue weighted by molar-refractivity contribution is 7.13. The molecule has 16 heteroatoms. The van der Waals surface area contributed by atoms with E-state index in [9.17, 15) is 29.0 Å². The Labute approximate surface area is 400 Å². The van der Waals surface area contributed by atoms with Crippen LogP contribution in [-0.2, 0) is 41.7 Å². The van der Waals surface area contributed by atoms with Crippen molar-refractivity contribution in [2.45, 2.75) is 72.3 Å². The van der Waals surface area contributed by atoms with E-state index in [0.29, 0.717) is 38.7 Å². The van der Waals surface area contributed by atoms with Gasteiger partial charge in [-0.1, -0.05) is 57.2 Å². The summed E-state index contributed by atoms with van der Waals surface area (Å²) in [5.41, 5.74) is 8.85. The van der Waals surface area contributed by atoms with Gasteiger partial charge in [0.15, 0.2) is 0 Å². The van der Waals surface area contributed by atoms with Gasteiger partial charge in [-0.3, -0.25) is 14.4 Å². The first-order valence-electron chi connectivity index (χ1n) is 22.7. The molecular formula is C52H60FN5O9S. The number of carbonyl (C=O) groups excluding carboxylic acids is 3. The number of β-amino-alcohol motifs (C(OH)–C–C–N with tert-alkyl or cyclic N) is 1. The van der Waals surface area contributed by atoms with Gasteiger partial charge in [0, 0.05) is 37.0 Å². The molecule has 0 aliphatic carbocycles. The third kappa shape index (κ3) is 12.7. The van der Waals surface area contributed by atoms with E-state index in [1.165, 1.54) is 17.0 Å². The summed E-state index contributed by atoms with van der Waals surface area (Å²) in [5, 5.41) is 27.4. The number of aryl methyl sites for hydroxylation is 2. The Hall–Kier alpha value is -6.17. The molecule has 4 N–H and O–H groups in total. The number of hydrogen-bond acceptors (Lipinski definition) is 11. The number of aliphatic hydroxyl groups excluding tert-OH is 1. The molecule has 6 aromatic rings. The van der Waals surface area contributed by atoms with E-state index in [1.807, 2.05) is 94.7 Å². The van der Waals surface area contributed by atoms with E-state index >= 15 is 0 Å². The Balaban J connectivity index is 0.778. The maximum absolute atomic E-state index is 13.9. The van der Waals surface area contributed by atoms with Crippen molar-refractivity contribution < 1.29 is 47.9 Å². The van der Waals surface area contributed by atoms with Gasteiger partial charge >= 0.3 is 0 Å². The van der Waals surface area contributed by atoms with Gasteiger partial charge in [0.2, 0.25) is 17.7 Å². The summed E-state index contributed by atoms with van der Waals surface area (Å²) in [6.45, 7) is 11.7. The van der Waals surface area contributed by atoms with Crippen molar-refractivity contribution in [2.24, 2.45) is 5.41 Å². The normalized spacial score (nSPS) is 15.4. The molecular weight excluding hydrogens is 890 g/mol. The molecule has 3 amide bonds. The number of benzene rings is 4. The zero-order valence-corrected chi connectivity index (χ0v) is 39.9. The molecule has 0 radical (unpaired) electrons.